The van der Waals surface area contributed by atoms with E-state index in [-0.39, 0.29) is 29.6 Å². The Morgan fingerprint density at radius 3 is 2.04 bits per heavy atom. The number of nitro groups is 1. The van der Waals surface area contributed by atoms with Crippen LogP contribution in [0.15, 0.2) is 65.8 Å². The van der Waals surface area contributed by atoms with Crippen LogP contribution in [-0.4, -0.2) is 145 Å². The number of pyridine rings is 1. The Morgan fingerprint density at radius 2 is 1.54 bits per heavy atom. The average Bonchev–Trinajstić information content (AvgIpc) is 3.44. The standard InChI is InChI=1S/C19H26N2O7.C9H11N3O4S2.C6H5NO4/c1-19(2,3)28-18(26)21(12-16(23)24)11-15(22)20(13-17(25)27-4)10-14-8-6-5-7-9-14;1-10-6(9(13)14)5-17-18-8-7(12(15)16)3-2-4-11-8;8-4-1-2-5(9)7(4)3-6(10)11/h5-9H,10-13H2,1-4H3,(H,23,24);2-4,6,10H,5H2,1H3,(H,13,14);1-2H,3H2,(H,10,11). The number of methoxy groups -OCH3 is 1. The molecule has 0 fully saturated rings. The van der Waals surface area contributed by atoms with Crippen molar-refractivity contribution in [1.82, 2.24) is 25.0 Å². The van der Waals surface area contributed by atoms with Crippen LogP contribution in [0.2, 0.25) is 0 Å². The van der Waals surface area contributed by atoms with Gasteiger partial charge in [0.05, 0.1) is 12.0 Å². The van der Waals surface area contributed by atoms with E-state index in [9.17, 15) is 48.5 Å². The first kappa shape index (κ1) is 48.9. The summed E-state index contributed by atoms with van der Waals surface area (Å²) < 4.78 is 9.78. The van der Waals surface area contributed by atoms with Gasteiger partial charge >= 0.3 is 35.7 Å². The number of carbonyl (C=O) groups excluding carboxylic acids is 5. The molecule has 310 valence electrons. The smallest absolute Gasteiger partial charge is 0.411 e. The molecule has 21 nitrogen and oxygen atoms in total. The molecule has 0 radical (unpaired) electrons. The van der Waals surface area contributed by atoms with Gasteiger partial charge in [-0.25, -0.2) is 9.78 Å². The Bertz CT molecular complexity index is 1770. The van der Waals surface area contributed by atoms with Crippen LogP contribution in [0.5, 0.6) is 0 Å². The first-order valence-electron chi connectivity index (χ1n) is 16.3. The maximum atomic E-state index is 12.7. The van der Waals surface area contributed by atoms with Crippen LogP contribution in [0.3, 0.4) is 0 Å². The third kappa shape index (κ3) is 19.4. The van der Waals surface area contributed by atoms with Gasteiger partial charge in [0.1, 0.15) is 37.8 Å². The number of benzene rings is 1. The van der Waals surface area contributed by atoms with Gasteiger partial charge in [0.25, 0.3) is 11.8 Å². The lowest BCUT2D eigenvalue weighted by atomic mass is 10.2. The number of esters is 1. The van der Waals surface area contributed by atoms with Crippen molar-refractivity contribution in [1.29, 1.82) is 0 Å². The molecular formula is C34H42N6O15S2. The summed E-state index contributed by atoms with van der Waals surface area (Å²) in [6.45, 7) is 2.83. The molecule has 2 heterocycles. The van der Waals surface area contributed by atoms with Crippen LogP contribution in [-0.2, 0) is 49.6 Å². The van der Waals surface area contributed by atoms with Crippen molar-refractivity contribution in [3.05, 3.63) is 76.5 Å². The van der Waals surface area contributed by atoms with Gasteiger partial charge in [0, 0.05) is 36.7 Å². The molecule has 0 saturated heterocycles. The number of imide groups is 1. The minimum absolute atomic E-state index is 0.0775. The molecule has 4 amide bonds. The molecule has 23 heteroatoms. The van der Waals surface area contributed by atoms with Gasteiger partial charge in [0.2, 0.25) is 5.91 Å². The number of likely N-dealkylation sites (N-methyl/N-ethyl adjacent to an activating group) is 1. The topological polar surface area (TPSA) is 293 Å². The van der Waals surface area contributed by atoms with Crippen molar-refractivity contribution in [3.8, 4) is 0 Å². The summed E-state index contributed by atoms with van der Waals surface area (Å²) >= 11 is 0. The fourth-order valence-corrected chi connectivity index (χ4v) is 6.23. The highest BCUT2D eigenvalue weighted by atomic mass is 33.1. The number of ether oxygens (including phenoxy) is 2. The highest BCUT2D eigenvalue weighted by Crippen LogP contribution is 2.35. The zero-order valence-corrected chi connectivity index (χ0v) is 33.0. The molecule has 0 saturated carbocycles. The van der Waals surface area contributed by atoms with E-state index in [4.69, 9.17) is 20.1 Å². The van der Waals surface area contributed by atoms with Gasteiger partial charge in [0.15, 0.2) is 5.03 Å². The lowest BCUT2D eigenvalue weighted by Gasteiger charge is -2.28. The number of carboxylic acids is 3. The molecule has 1 aliphatic heterocycles. The highest BCUT2D eigenvalue weighted by Gasteiger charge is 2.29. The lowest BCUT2D eigenvalue weighted by Crippen LogP contribution is -2.47. The molecule has 0 aliphatic carbocycles. The van der Waals surface area contributed by atoms with Gasteiger partial charge in [-0.1, -0.05) is 41.1 Å². The van der Waals surface area contributed by atoms with E-state index >= 15 is 0 Å². The average molecular weight is 839 g/mol. The van der Waals surface area contributed by atoms with Gasteiger partial charge in [-0.05, 0) is 50.2 Å². The van der Waals surface area contributed by atoms with E-state index in [1.807, 2.05) is 6.07 Å². The summed E-state index contributed by atoms with van der Waals surface area (Å²) in [4.78, 5) is 107. The molecule has 1 unspecified atom stereocenters. The number of hydrogen-bond donors (Lipinski definition) is 4. The fraction of sp³-hybridized carbons (Fsp3) is 0.382. The summed E-state index contributed by atoms with van der Waals surface area (Å²) in [7, 11) is 5.05. The highest BCUT2D eigenvalue weighted by molar-refractivity contribution is 8.76. The first-order valence-corrected chi connectivity index (χ1v) is 18.6. The molecule has 1 aliphatic rings. The monoisotopic (exact) mass is 838 g/mol. The number of aromatic nitrogens is 1. The van der Waals surface area contributed by atoms with E-state index < -0.39 is 83.9 Å². The zero-order valence-electron chi connectivity index (χ0n) is 31.4. The van der Waals surface area contributed by atoms with Crippen LogP contribution >= 0.6 is 21.6 Å². The second kappa shape index (κ2) is 24.4. The maximum Gasteiger partial charge on any atom is 0.411 e. The van der Waals surface area contributed by atoms with E-state index in [0.29, 0.717) is 4.90 Å². The second-order valence-corrected chi connectivity index (χ2v) is 14.5. The number of amides is 4. The van der Waals surface area contributed by atoms with E-state index in [2.05, 4.69) is 15.0 Å². The minimum Gasteiger partial charge on any atom is -0.480 e. The molecule has 1 atom stereocenters. The van der Waals surface area contributed by atoms with E-state index in [0.717, 1.165) is 33.4 Å². The number of rotatable bonds is 17. The molecule has 0 bridgehead atoms. The predicted octanol–water partition coefficient (Wildman–Crippen LogP) is 1.91. The van der Waals surface area contributed by atoms with Crippen molar-refractivity contribution in [2.45, 2.75) is 44.0 Å². The van der Waals surface area contributed by atoms with Crippen LogP contribution < -0.4 is 5.32 Å². The van der Waals surface area contributed by atoms with Gasteiger partial charge in [-0.2, -0.15) is 0 Å². The Balaban J connectivity index is 0.000000475. The summed E-state index contributed by atoms with van der Waals surface area (Å²) in [5.74, 6) is -5.55. The number of carboxylic acid groups (broad SMARTS) is 3. The van der Waals surface area contributed by atoms with Gasteiger partial charge in [-0.15, -0.1) is 0 Å². The molecule has 1 aromatic heterocycles. The number of nitrogens with zero attached hydrogens (tertiary/aromatic N) is 5. The normalized spacial score (nSPS) is 12.2. The number of nitrogens with one attached hydrogen (secondary N) is 1. The van der Waals surface area contributed by atoms with Crippen molar-refractivity contribution >= 4 is 75.0 Å². The molecular weight excluding hydrogens is 797 g/mol. The lowest BCUT2D eigenvalue weighted by molar-refractivity contribution is -0.388. The molecule has 3 rings (SSSR count). The predicted molar refractivity (Wildman–Crippen MR) is 203 cm³/mol. The van der Waals surface area contributed by atoms with Crippen molar-refractivity contribution < 1.29 is 68.1 Å². The van der Waals surface area contributed by atoms with Gasteiger partial charge in [-0.3, -0.25) is 53.5 Å². The van der Waals surface area contributed by atoms with Crippen LogP contribution in [0.25, 0.3) is 0 Å². The fourth-order valence-electron chi connectivity index (χ4n) is 3.94. The Morgan fingerprint density at radius 1 is 0.930 bits per heavy atom. The van der Waals surface area contributed by atoms with Crippen LogP contribution in [0, 0.1) is 10.1 Å². The third-order valence-corrected chi connectivity index (χ3v) is 8.88. The SMILES string of the molecule is CNC(CSSc1ncccc1[N+](=O)[O-])C(=O)O.COC(=O)CN(Cc1ccccc1)C(=O)CN(CC(=O)O)C(=O)OC(C)(C)C.O=C(O)CN1C(=O)C=CC1=O. The van der Waals surface area contributed by atoms with Crippen LogP contribution in [0.4, 0.5) is 10.5 Å². The third-order valence-electron chi connectivity index (χ3n) is 6.58. The Labute approximate surface area is 333 Å². The van der Waals surface area contributed by atoms with Crippen molar-refractivity contribution in [2.24, 2.45) is 0 Å². The second-order valence-electron chi connectivity index (χ2n) is 12.2. The van der Waals surface area contributed by atoms with Crippen molar-refractivity contribution in [2.75, 3.05) is 46.1 Å². The number of carbonyl (C=O) groups is 8. The van der Waals surface area contributed by atoms with E-state index in [1.54, 1.807) is 52.1 Å². The molecule has 0 spiro atoms. The maximum absolute atomic E-state index is 12.7. The molecule has 2 aromatic rings. The Hall–Kier alpha value is -6.07. The summed E-state index contributed by atoms with van der Waals surface area (Å²) in [5, 5.41) is 39.7. The Kier molecular flexibility index (Phi) is 21.0. The first-order chi connectivity index (χ1) is 26.7. The number of aliphatic carboxylic acids is 3. The van der Waals surface area contributed by atoms with Crippen LogP contribution in [0.1, 0.15) is 26.3 Å². The molecule has 4 N–H and O–H groups in total. The molecule has 1 aromatic carbocycles. The summed E-state index contributed by atoms with van der Waals surface area (Å²) in [5.41, 5.74) is -0.166. The summed E-state index contributed by atoms with van der Waals surface area (Å²) in [6, 6.07) is 11.1. The zero-order chi connectivity index (χ0) is 43.3. The quantitative estimate of drug-likeness (QED) is 0.0581. The van der Waals surface area contributed by atoms with Gasteiger partial charge < -0.3 is 35.0 Å². The summed E-state index contributed by atoms with van der Waals surface area (Å²) in [6.07, 6.45) is 2.63. The minimum atomic E-state index is -1.29. The number of hydrogen-bond acceptors (Lipinski definition) is 16. The van der Waals surface area contributed by atoms with Crippen molar-refractivity contribution in [3.63, 3.8) is 0 Å². The largest absolute Gasteiger partial charge is 0.480 e. The van der Waals surface area contributed by atoms with E-state index in [1.165, 1.54) is 41.1 Å². The molecule has 57 heavy (non-hydrogen) atoms.